The number of aromatic amines is 1. The minimum atomic E-state index is -0.626. The Balaban J connectivity index is 1.51. The third-order valence-electron chi connectivity index (χ3n) is 7.73. The Morgan fingerprint density at radius 3 is 2.56 bits per heavy atom. The normalized spacial score (nSPS) is 17.2. The van der Waals surface area contributed by atoms with Crippen LogP contribution in [0.3, 0.4) is 0 Å². The van der Waals surface area contributed by atoms with Crippen LogP contribution in [0.15, 0.2) is 48.5 Å². The van der Waals surface area contributed by atoms with Crippen LogP contribution >= 0.6 is 0 Å². The first kappa shape index (κ1) is 29.9. The van der Waals surface area contributed by atoms with Gasteiger partial charge in [0.2, 0.25) is 23.5 Å². The van der Waals surface area contributed by atoms with Crippen molar-refractivity contribution in [2.24, 2.45) is 23.5 Å². The summed E-state index contributed by atoms with van der Waals surface area (Å²) in [7, 11) is 0. The molecule has 2 aromatic carbocycles. The van der Waals surface area contributed by atoms with E-state index in [0.29, 0.717) is 38.2 Å². The fourth-order valence-electron chi connectivity index (χ4n) is 5.75. The van der Waals surface area contributed by atoms with Gasteiger partial charge in [-0.3, -0.25) is 14.4 Å². The lowest BCUT2D eigenvalue weighted by Gasteiger charge is -2.29. The van der Waals surface area contributed by atoms with Gasteiger partial charge in [-0.05, 0) is 66.0 Å². The molecule has 0 saturated carbocycles. The summed E-state index contributed by atoms with van der Waals surface area (Å²) < 4.78 is 0. The van der Waals surface area contributed by atoms with Crippen LogP contribution in [0.4, 0.5) is 0 Å². The monoisotopic (exact) mass is 559 g/mol. The van der Waals surface area contributed by atoms with E-state index in [2.05, 4.69) is 32.0 Å². The second-order valence-corrected chi connectivity index (χ2v) is 11.3. The predicted molar refractivity (Wildman–Crippen MR) is 157 cm³/mol. The molecule has 218 valence electrons. The largest absolute Gasteiger partial charge is 0.369 e. The summed E-state index contributed by atoms with van der Waals surface area (Å²) in [6, 6.07) is 15.3. The van der Waals surface area contributed by atoms with E-state index in [0.717, 1.165) is 41.5 Å². The van der Waals surface area contributed by atoms with E-state index >= 15 is 0 Å². The van der Waals surface area contributed by atoms with E-state index in [9.17, 15) is 14.4 Å². The van der Waals surface area contributed by atoms with Gasteiger partial charge in [-0.2, -0.15) is 5.21 Å². The molecule has 3 aromatic rings. The highest BCUT2D eigenvalue weighted by atomic mass is 16.2. The highest BCUT2D eigenvalue weighted by molar-refractivity contribution is 5.91. The molecule has 3 amide bonds. The summed E-state index contributed by atoms with van der Waals surface area (Å²) in [5, 5.41) is 17.5. The number of carbonyl (C=O) groups is 3. The van der Waals surface area contributed by atoms with E-state index in [1.54, 1.807) is 0 Å². The number of H-pyrrole nitrogens is 1. The molecule has 1 saturated heterocycles. The number of nitrogens with zero attached hydrogens (tertiary/aromatic N) is 4. The molecule has 4 N–H and O–H groups in total. The first-order valence-corrected chi connectivity index (χ1v) is 14.6. The Morgan fingerprint density at radius 2 is 1.88 bits per heavy atom. The zero-order chi connectivity index (χ0) is 29.4. The van der Waals surface area contributed by atoms with E-state index < -0.39 is 23.8 Å². The van der Waals surface area contributed by atoms with Crippen LogP contribution in [0.2, 0.25) is 0 Å². The molecule has 0 aliphatic carbocycles. The minimum Gasteiger partial charge on any atom is -0.369 e. The number of primary amides is 1. The first-order chi connectivity index (χ1) is 19.8. The van der Waals surface area contributed by atoms with E-state index in [1.807, 2.05) is 68.1 Å². The fraction of sp³-hybridized carbons (Fsp3) is 0.484. The number of nitrogens with two attached hydrogens (primary N) is 1. The zero-order valence-corrected chi connectivity index (χ0v) is 24.2. The van der Waals surface area contributed by atoms with Crippen LogP contribution in [-0.4, -0.2) is 55.8 Å². The van der Waals surface area contributed by atoms with Gasteiger partial charge >= 0.3 is 0 Å². The van der Waals surface area contributed by atoms with Crippen molar-refractivity contribution in [2.45, 2.75) is 71.9 Å². The minimum absolute atomic E-state index is 0.0943. The first-order valence-electron chi connectivity index (χ1n) is 14.6. The molecule has 0 spiro atoms. The summed E-state index contributed by atoms with van der Waals surface area (Å²) in [6.45, 7) is 7.06. The number of hydrogen-bond acceptors (Lipinski definition) is 6. The van der Waals surface area contributed by atoms with Crippen LogP contribution in [0.1, 0.15) is 64.9 Å². The fourth-order valence-corrected chi connectivity index (χ4v) is 5.75. The van der Waals surface area contributed by atoms with Gasteiger partial charge in [0.15, 0.2) is 0 Å². The molecule has 4 rings (SSSR count). The Labute approximate surface area is 241 Å². The molecule has 0 radical (unpaired) electrons. The van der Waals surface area contributed by atoms with Gasteiger partial charge in [-0.15, -0.1) is 10.2 Å². The molecule has 3 unspecified atom stereocenters. The maximum Gasteiger partial charge on any atom is 0.245 e. The van der Waals surface area contributed by atoms with Gasteiger partial charge in [0, 0.05) is 30.5 Å². The number of likely N-dealkylation sites (tertiary alicyclic amines) is 1. The molecule has 10 nitrogen and oxygen atoms in total. The molecule has 1 aromatic heterocycles. The summed E-state index contributed by atoms with van der Waals surface area (Å²) in [6.07, 6.45) is 4.10. The zero-order valence-electron chi connectivity index (χ0n) is 24.2. The van der Waals surface area contributed by atoms with Gasteiger partial charge in [-0.25, -0.2) is 0 Å². The molecule has 41 heavy (non-hydrogen) atoms. The Bertz CT molecular complexity index is 1320. The average Bonchev–Trinajstić information content (AvgIpc) is 3.45. The topological polar surface area (TPSA) is 147 Å². The van der Waals surface area contributed by atoms with Crippen molar-refractivity contribution < 1.29 is 14.4 Å². The number of benzene rings is 2. The van der Waals surface area contributed by atoms with E-state index in [1.165, 1.54) is 0 Å². The van der Waals surface area contributed by atoms with Crippen LogP contribution in [0.25, 0.3) is 22.5 Å². The number of carbonyl (C=O) groups excluding carboxylic acids is 3. The van der Waals surface area contributed by atoms with E-state index in [-0.39, 0.29) is 17.7 Å². The molecular weight excluding hydrogens is 518 g/mol. The molecule has 2 heterocycles. The van der Waals surface area contributed by atoms with Crippen molar-refractivity contribution in [2.75, 3.05) is 6.54 Å². The molecule has 0 bridgehead atoms. The van der Waals surface area contributed by atoms with Crippen molar-refractivity contribution in [1.29, 1.82) is 0 Å². The number of nitrogens with one attached hydrogen (secondary N) is 2. The van der Waals surface area contributed by atoms with Gasteiger partial charge in [0.25, 0.3) is 0 Å². The van der Waals surface area contributed by atoms with Gasteiger partial charge in [0.05, 0.1) is 0 Å². The Hall–Kier alpha value is -4.08. The van der Waals surface area contributed by atoms with Crippen LogP contribution < -0.4 is 11.1 Å². The number of hydrogen-bond donors (Lipinski definition) is 3. The van der Waals surface area contributed by atoms with Crippen LogP contribution in [-0.2, 0) is 20.9 Å². The number of rotatable bonds is 12. The maximum atomic E-state index is 13.7. The quantitative estimate of drug-likeness (QED) is 0.304. The highest BCUT2D eigenvalue weighted by Crippen LogP contribution is 2.31. The Morgan fingerprint density at radius 1 is 1.10 bits per heavy atom. The molecule has 10 heteroatoms. The van der Waals surface area contributed by atoms with E-state index in [4.69, 9.17) is 5.73 Å². The third kappa shape index (κ3) is 7.56. The molecule has 1 aliphatic heterocycles. The molecule has 1 fully saturated rings. The molecular formula is C31H41N7O3. The Kier molecular flexibility index (Phi) is 10.2. The maximum absolute atomic E-state index is 13.7. The second kappa shape index (κ2) is 14.0. The number of tetrazole rings is 1. The van der Waals surface area contributed by atoms with Gasteiger partial charge in [-0.1, -0.05) is 69.7 Å². The number of amides is 3. The van der Waals surface area contributed by atoms with Crippen molar-refractivity contribution >= 4 is 17.7 Å². The number of aromatic nitrogens is 4. The van der Waals surface area contributed by atoms with Gasteiger partial charge < -0.3 is 16.0 Å². The van der Waals surface area contributed by atoms with Gasteiger partial charge in [0.1, 0.15) is 6.04 Å². The lowest BCUT2D eigenvalue weighted by molar-refractivity contribution is -0.139. The average molecular weight is 560 g/mol. The summed E-state index contributed by atoms with van der Waals surface area (Å²) in [4.78, 5) is 41.3. The van der Waals surface area contributed by atoms with Crippen molar-refractivity contribution in [1.82, 2.24) is 30.8 Å². The second-order valence-electron chi connectivity index (χ2n) is 11.3. The third-order valence-corrected chi connectivity index (χ3v) is 7.73. The molecule has 3 atom stereocenters. The lowest BCUT2D eigenvalue weighted by Crippen LogP contribution is -2.50. The smallest absolute Gasteiger partial charge is 0.245 e. The summed E-state index contributed by atoms with van der Waals surface area (Å²) >= 11 is 0. The lowest BCUT2D eigenvalue weighted by atomic mass is 9.81. The van der Waals surface area contributed by atoms with Crippen molar-refractivity contribution in [3.63, 3.8) is 0 Å². The molecule has 1 aliphatic rings. The van der Waals surface area contributed by atoms with Crippen molar-refractivity contribution in [3.8, 4) is 22.5 Å². The summed E-state index contributed by atoms with van der Waals surface area (Å²) in [5.74, 6) is -1.16. The highest BCUT2D eigenvalue weighted by Gasteiger charge is 2.35. The SMILES string of the molecule is CCCC(C(=O)NC1CCCCN(Cc2cccc(-c3ccccc3-c3nn[nH]n3)c2)C1=O)C(CC(C)C)C(N)=O. The summed E-state index contributed by atoms with van der Waals surface area (Å²) in [5.41, 5.74) is 9.53. The van der Waals surface area contributed by atoms with Crippen LogP contribution in [0.5, 0.6) is 0 Å². The van der Waals surface area contributed by atoms with Crippen LogP contribution in [0, 0.1) is 17.8 Å². The van der Waals surface area contributed by atoms with Crippen molar-refractivity contribution in [3.05, 3.63) is 54.1 Å². The standard InChI is InChI=1S/C31H41N7O3/c1-4-10-25(26(28(32)39)17-20(2)3)30(40)33-27-15-7-8-16-38(31(27)41)19-21-11-9-12-22(18-21)23-13-5-6-14-24(23)29-34-36-37-35-29/h5-6,9,11-14,18,20,25-27H,4,7-8,10,15-17,19H2,1-3H3,(H2,32,39)(H,33,40)(H,34,35,36,37). The predicted octanol–water partition coefficient (Wildman–Crippen LogP) is 4.09.